The predicted octanol–water partition coefficient (Wildman–Crippen LogP) is 3.51. The van der Waals surface area contributed by atoms with Crippen LogP contribution in [0.15, 0.2) is 24.3 Å². The molecule has 0 unspecified atom stereocenters. The maximum Gasteiger partial charge on any atom is 0.416 e. The monoisotopic (exact) mass is 328 g/mol. The molecule has 1 aromatic rings. The summed E-state index contributed by atoms with van der Waals surface area (Å²) in [6.07, 6.45) is -3.46. The number of nitrogens with zero attached hydrogens (tertiary/aromatic N) is 2. The van der Waals surface area contributed by atoms with Gasteiger partial charge in [0, 0.05) is 24.7 Å². The van der Waals surface area contributed by atoms with Crippen molar-refractivity contribution in [1.29, 1.82) is 0 Å². The van der Waals surface area contributed by atoms with E-state index in [4.69, 9.17) is 0 Å². The summed E-state index contributed by atoms with van der Waals surface area (Å²) in [4.78, 5) is 16.2. The second kappa shape index (κ2) is 6.15. The normalized spacial score (nSPS) is 21.4. The molecule has 128 valence electrons. The molecule has 1 atom stereocenters. The molecule has 0 saturated carbocycles. The van der Waals surface area contributed by atoms with Gasteiger partial charge < -0.3 is 9.80 Å². The first-order valence-electron chi connectivity index (χ1n) is 7.67. The fourth-order valence-electron chi connectivity index (χ4n) is 3.08. The minimum absolute atomic E-state index is 0.0254. The molecule has 0 bridgehead atoms. The lowest BCUT2D eigenvalue weighted by Gasteiger charge is -2.35. The molecule has 2 rings (SSSR count). The Morgan fingerprint density at radius 3 is 2.57 bits per heavy atom. The third kappa shape index (κ3) is 3.68. The van der Waals surface area contributed by atoms with E-state index in [-0.39, 0.29) is 17.0 Å². The molecule has 0 radical (unpaired) electrons. The lowest BCUT2D eigenvalue weighted by atomic mass is 9.88. The summed E-state index contributed by atoms with van der Waals surface area (Å²) >= 11 is 0. The molecule has 0 N–H and O–H groups in total. The van der Waals surface area contributed by atoms with Crippen LogP contribution in [0.4, 0.5) is 13.2 Å². The first-order chi connectivity index (χ1) is 10.5. The molecule has 0 aromatic heterocycles. The highest BCUT2D eigenvalue weighted by molar-refractivity contribution is 5.94. The van der Waals surface area contributed by atoms with Crippen LogP contribution in [0.25, 0.3) is 0 Å². The molecule has 1 aliphatic heterocycles. The van der Waals surface area contributed by atoms with E-state index in [9.17, 15) is 18.0 Å². The van der Waals surface area contributed by atoms with Gasteiger partial charge in [-0.3, -0.25) is 4.79 Å². The Balaban J connectivity index is 2.12. The van der Waals surface area contributed by atoms with Gasteiger partial charge in [-0.25, -0.2) is 0 Å². The molecule has 1 aromatic carbocycles. The molecular weight excluding hydrogens is 305 g/mol. The predicted molar refractivity (Wildman–Crippen MR) is 83.2 cm³/mol. The van der Waals surface area contributed by atoms with Crippen molar-refractivity contribution in [3.63, 3.8) is 0 Å². The van der Waals surface area contributed by atoms with E-state index >= 15 is 0 Å². The van der Waals surface area contributed by atoms with E-state index in [1.807, 2.05) is 0 Å². The Morgan fingerprint density at radius 1 is 1.39 bits per heavy atom. The van der Waals surface area contributed by atoms with E-state index in [1.54, 1.807) is 7.05 Å². The minimum Gasteiger partial charge on any atom is -0.341 e. The quantitative estimate of drug-likeness (QED) is 0.848. The summed E-state index contributed by atoms with van der Waals surface area (Å²) in [7, 11) is 3.70. The highest BCUT2D eigenvalue weighted by Crippen LogP contribution is 2.34. The number of amides is 1. The van der Waals surface area contributed by atoms with Gasteiger partial charge in [-0.15, -0.1) is 0 Å². The Bertz CT molecular complexity index is 583. The van der Waals surface area contributed by atoms with Crippen molar-refractivity contribution in [2.75, 3.05) is 27.2 Å². The number of carbonyl (C=O) groups excluding carboxylic acids is 1. The number of carbonyl (C=O) groups is 1. The van der Waals surface area contributed by atoms with Gasteiger partial charge in [-0.1, -0.05) is 6.07 Å². The molecular formula is C17H23F3N2O. The number of hydrogen-bond donors (Lipinski definition) is 0. The number of hydrogen-bond acceptors (Lipinski definition) is 2. The zero-order valence-electron chi connectivity index (χ0n) is 13.9. The van der Waals surface area contributed by atoms with Crippen LogP contribution < -0.4 is 0 Å². The van der Waals surface area contributed by atoms with Crippen molar-refractivity contribution in [3.05, 3.63) is 35.4 Å². The van der Waals surface area contributed by atoms with E-state index in [0.717, 1.165) is 25.1 Å². The van der Waals surface area contributed by atoms with Gasteiger partial charge in [0.2, 0.25) is 0 Å². The van der Waals surface area contributed by atoms with Gasteiger partial charge in [0.1, 0.15) is 0 Å². The molecule has 1 saturated heterocycles. The number of rotatable bonds is 3. The summed E-state index contributed by atoms with van der Waals surface area (Å²) in [6.45, 7) is 5.76. The smallest absolute Gasteiger partial charge is 0.341 e. The zero-order valence-corrected chi connectivity index (χ0v) is 13.9. The second-order valence-electron chi connectivity index (χ2n) is 6.83. The first-order valence-corrected chi connectivity index (χ1v) is 7.67. The maximum atomic E-state index is 12.8. The van der Waals surface area contributed by atoms with Crippen LogP contribution in [-0.2, 0) is 6.18 Å². The lowest BCUT2D eigenvalue weighted by molar-refractivity contribution is -0.137. The lowest BCUT2D eigenvalue weighted by Crippen LogP contribution is -2.44. The summed E-state index contributed by atoms with van der Waals surface area (Å²) < 4.78 is 38.3. The van der Waals surface area contributed by atoms with E-state index in [0.29, 0.717) is 12.5 Å². The van der Waals surface area contributed by atoms with Crippen LogP contribution in [0, 0.1) is 5.92 Å². The van der Waals surface area contributed by atoms with Crippen molar-refractivity contribution in [1.82, 2.24) is 9.80 Å². The van der Waals surface area contributed by atoms with Crippen LogP contribution in [0.2, 0.25) is 0 Å². The van der Waals surface area contributed by atoms with Crippen molar-refractivity contribution in [2.24, 2.45) is 5.92 Å². The van der Waals surface area contributed by atoms with Crippen LogP contribution in [0.1, 0.15) is 36.2 Å². The van der Waals surface area contributed by atoms with Gasteiger partial charge >= 0.3 is 6.18 Å². The van der Waals surface area contributed by atoms with E-state index in [2.05, 4.69) is 25.8 Å². The third-order valence-corrected chi connectivity index (χ3v) is 5.07. The average molecular weight is 328 g/mol. The third-order valence-electron chi connectivity index (χ3n) is 5.07. The molecule has 0 spiro atoms. The summed E-state index contributed by atoms with van der Waals surface area (Å²) in [6, 6.07) is 4.60. The molecule has 1 heterocycles. The highest BCUT2D eigenvalue weighted by atomic mass is 19.4. The Hall–Kier alpha value is -1.56. The Kier molecular flexibility index (Phi) is 4.76. The van der Waals surface area contributed by atoms with Crippen LogP contribution in [0.5, 0.6) is 0 Å². The van der Waals surface area contributed by atoms with Crippen molar-refractivity contribution in [3.8, 4) is 0 Å². The van der Waals surface area contributed by atoms with Crippen molar-refractivity contribution in [2.45, 2.75) is 32.0 Å². The Labute approximate surface area is 135 Å². The average Bonchev–Trinajstić information content (AvgIpc) is 2.72. The number of halogens is 3. The SMILES string of the molecule is CN(C[C@@H]1CCN(C)C1(C)C)C(=O)c1cccc(C(F)(F)F)c1. The maximum absolute atomic E-state index is 12.8. The topological polar surface area (TPSA) is 23.6 Å². The fourth-order valence-corrected chi connectivity index (χ4v) is 3.08. The second-order valence-corrected chi connectivity index (χ2v) is 6.83. The summed E-state index contributed by atoms with van der Waals surface area (Å²) in [5, 5.41) is 0. The molecule has 6 heteroatoms. The molecule has 3 nitrogen and oxygen atoms in total. The number of likely N-dealkylation sites (tertiary alicyclic amines) is 1. The number of benzene rings is 1. The van der Waals surface area contributed by atoms with Crippen LogP contribution in [0.3, 0.4) is 0 Å². The molecule has 1 amide bonds. The van der Waals surface area contributed by atoms with Crippen LogP contribution in [-0.4, -0.2) is 48.4 Å². The molecule has 1 fully saturated rings. The minimum atomic E-state index is -4.44. The molecule has 0 aliphatic carbocycles. The summed E-state index contributed by atoms with van der Waals surface area (Å²) in [5.74, 6) is -0.0753. The van der Waals surface area contributed by atoms with Gasteiger partial charge in [0.25, 0.3) is 5.91 Å². The molecule has 23 heavy (non-hydrogen) atoms. The number of alkyl halides is 3. The van der Waals surface area contributed by atoms with Crippen molar-refractivity contribution < 1.29 is 18.0 Å². The Morgan fingerprint density at radius 2 is 2.04 bits per heavy atom. The zero-order chi connectivity index (χ0) is 17.4. The highest BCUT2D eigenvalue weighted by Gasteiger charge is 2.40. The van der Waals surface area contributed by atoms with Crippen molar-refractivity contribution >= 4 is 5.91 Å². The first kappa shape index (κ1) is 17.8. The van der Waals surface area contributed by atoms with Gasteiger partial charge in [-0.2, -0.15) is 13.2 Å². The standard InChI is InChI=1S/C17H23F3N2O/c1-16(2)14(8-9-22(16)4)11-21(3)15(23)12-6-5-7-13(10-12)17(18,19)20/h5-7,10,14H,8-9,11H2,1-4H3/t14-/m0/s1. The van der Waals surface area contributed by atoms with Crippen LogP contribution >= 0.6 is 0 Å². The molecule has 1 aliphatic rings. The summed E-state index contributed by atoms with van der Waals surface area (Å²) in [5.41, 5.74) is -0.744. The largest absolute Gasteiger partial charge is 0.416 e. The van der Waals surface area contributed by atoms with E-state index in [1.165, 1.54) is 17.0 Å². The van der Waals surface area contributed by atoms with E-state index < -0.39 is 11.7 Å². The van der Waals surface area contributed by atoms with Gasteiger partial charge in [0.05, 0.1) is 5.56 Å². The fraction of sp³-hybridized carbons (Fsp3) is 0.588. The van der Waals surface area contributed by atoms with Gasteiger partial charge in [-0.05, 0) is 58.0 Å². The van der Waals surface area contributed by atoms with Gasteiger partial charge in [0.15, 0.2) is 0 Å².